The van der Waals surface area contributed by atoms with Gasteiger partial charge in [-0.15, -0.1) is 0 Å². The molecule has 2 unspecified atom stereocenters. The summed E-state index contributed by atoms with van der Waals surface area (Å²) in [6.45, 7) is 9.63. The number of anilines is 2. The van der Waals surface area contributed by atoms with Gasteiger partial charge in [0.15, 0.2) is 0 Å². The molecule has 0 aromatic carbocycles. The van der Waals surface area contributed by atoms with E-state index in [-0.39, 0.29) is 0 Å². The molecule has 1 heterocycles. The van der Waals surface area contributed by atoms with Crippen LogP contribution in [0.3, 0.4) is 0 Å². The molecule has 5 heteroatoms. The van der Waals surface area contributed by atoms with E-state index < -0.39 is 0 Å². The van der Waals surface area contributed by atoms with Crippen molar-refractivity contribution in [3.05, 3.63) is 10.7 Å². The van der Waals surface area contributed by atoms with Crippen LogP contribution in [-0.2, 0) is 0 Å². The molecule has 0 aliphatic carbocycles. The Morgan fingerprint density at radius 3 is 2.67 bits per heavy atom. The highest BCUT2D eigenvalue weighted by Gasteiger charge is 2.13. The van der Waals surface area contributed by atoms with Crippen molar-refractivity contribution in [2.75, 3.05) is 17.2 Å². The van der Waals surface area contributed by atoms with Crippen molar-refractivity contribution in [1.82, 2.24) is 9.97 Å². The highest BCUT2D eigenvalue weighted by molar-refractivity contribution is 9.10. The molecule has 0 amide bonds. The molecule has 2 atom stereocenters. The second-order valence-corrected chi connectivity index (χ2v) is 5.49. The highest BCUT2D eigenvalue weighted by atomic mass is 79.9. The first-order valence-electron chi connectivity index (χ1n) is 6.61. The zero-order valence-corrected chi connectivity index (χ0v) is 13.2. The van der Waals surface area contributed by atoms with Gasteiger partial charge in [0.2, 0.25) is 5.95 Å². The average molecular weight is 315 g/mol. The van der Waals surface area contributed by atoms with Crippen LogP contribution in [0.15, 0.2) is 10.7 Å². The van der Waals surface area contributed by atoms with E-state index in [4.69, 9.17) is 0 Å². The molecule has 2 N–H and O–H groups in total. The Labute approximate surface area is 118 Å². The minimum atomic E-state index is 0.389. The second kappa shape index (κ2) is 7.56. The van der Waals surface area contributed by atoms with Gasteiger partial charge in [-0.25, -0.2) is 4.98 Å². The average Bonchev–Trinajstić information content (AvgIpc) is 2.38. The molecule has 1 aromatic heterocycles. The molecule has 0 spiro atoms. The number of halogens is 1. The van der Waals surface area contributed by atoms with E-state index in [9.17, 15) is 0 Å². The maximum Gasteiger partial charge on any atom is 0.224 e. The smallest absolute Gasteiger partial charge is 0.224 e. The fraction of sp³-hybridized carbons (Fsp3) is 0.692. The molecule has 18 heavy (non-hydrogen) atoms. The normalized spacial score (nSPS) is 14.1. The van der Waals surface area contributed by atoms with Crippen LogP contribution in [0, 0.1) is 5.92 Å². The summed E-state index contributed by atoms with van der Waals surface area (Å²) in [7, 11) is 0. The molecule has 4 nitrogen and oxygen atoms in total. The lowest BCUT2D eigenvalue weighted by Gasteiger charge is -2.21. The van der Waals surface area contributed by atoms with Gasteiger partial charge in [-0.1, -0.05) is 27.2 Å². The van der Waals surface area contributed by atoms with Gasteiger partial charge in [0.05, 0.1) is 4.47 Å². The fourth-order valence-electron chi connectivity index (χ4n) is 1.50. The van der Waals surface area contributed by atoms with Crippen LogP contribution in [0.1, 0.15) is 40.5 Å². The first kappa shape index (κ1) is 15.2. The molecule has 1 rings (SSSR count). The number of rotatable bonds is 7. The number of nitrogens with one attached hydrogen (secondary N) is 2. The van der Waals surface area contributed by atoms with Gasteiger partial charge in [0.25, 0.3) is 0 Å². The van der Waals surface area contributed by atoms with Gasteiger partial charge in [-0.3, -0.25) is 0 Å². The lowest BCUT2D eigenvalue weighted by molar-refractivity contribution is 0.493. The minimum Gasteiger partial charge on any atom is -0.366 e. The largest absolute Gasteiger partial charge is 0.366 e. The van der Waals surface area contributed by atoms with E-state index in [0.717, 1.165) is 29.7 Å². The highest BCUT2D eigenvalue weighted by Crippen LogP contribution is 2.22. The maximum atomic E-state index is 4.49. The lowest BCUT2D eigenvalue weighted by Crippen LogP contribution is -2.24. The summed E-state index contributed by atoms with van der Waals surface area (Å²) in [5, 5.41) is 6.64. The van der Waals surface area contributed by atoms with Crippen LogP contribution in [0.2, 0.25) is 0 Å². The molecule has 0 saturated heterocycles. The molecule has 0 bridgehead atoms. The van der Waals surface area contributed by atoms with Crippen molar-refractivity contribution in [3.8, 4) is 0 Å². The summed E-state index contributed by atoms with van der Waals surface area (Å²) >= 11 is 3.48. The fourth-order valence-corrected chi connectivity index (χ4v) is 1.81. The topological polar surface area (TPSA) is 49.8 Å². The number of hydrogen-bond donors (Lipinski definition) is 2. The van der Waals surface area contributed by atoms with Crippen molar-refractivity contribution in [2.24, 2.45) is 5.92 Å². The van der Waals surface area contributed by atoms with Crippen LogP contribution >= 0.6 is 15.9 Å². The molecule has 0 radical (unpaired) electrons. The Kier molecular flexibility index (Phi) is 6.39. The van der Waals surface area contributed by atoms with Crippen molar-refractivity contribution >= 4 is 27.7 Å². The van der Waals surface area contributed by atoms with Gasteiger partial charge in [-0.05, 0) is 35.2 Å². The molecule has 0 fully saturated rings. The van der Waals surface area contributed by atoms with Crippen molar-refractivity contribution in [2.45, 2.75) is 46.6 Å². The van der Waals surface area contributed by atoms with Crippen molar-refractivity contribution < 1.29 is 0 Å². The predicted octanol–water partition coefficient (Wildman–Crippen LogP) is 3.91. The quantitative estimate of drug-likeness (QED) is 0.801. The standard InChI is InChI=1S/C13H23BrN4/c1-5-7-15-13-16-8-11(14)12(18-13)17-10(4)9(3)6-2/h8-10H,5-7H2,1-4H3,(H2,15,16,17,18). The summed E-state index contributed by atoms with van der Waals surface area (Å²) in [5.41, 5.74) is 0. The van der Waals surface area contributed by atoms with Gasteiger partial charge in [0.1, 0.15) is 5.82 Å². The molecule has 0 aliphatic heterocycles. The zero-order chi connectivity index (χ0) is 13.5. The van der Waals surface area contributed by atoms with E-state index in [0.29, 0.717) is 17.9 Å². The third-order valence-corrected chi connectivity index (χ3v) is 3.72. The van der Waals surface area contributed by atoms with E-state index in [1.807, 2.05) is 0 Å². The van der Waals surface area contributed by atoms with Crippen LogP contribution < -0.4 is 10.6 Å². The van der Waals surface area contributed by atoms with Crippen molar-refractivity contribution in [1.29, 1.82) is 0 Å². The van der Waals surface area contributed by atoms with Gasteiger partial charge < -0.3 is 10.6 Å². The Morgan fingerprint density at radius 2 is 2.06 bits per heavy atom. The van der Waals surface area contributed by atoms with Gasteiger partial charge >= 0.3 is 0 Å². The SMILES string of the molecule is CCCNc1ncc(Br)c(NC(C)C(C)CC)n1. The predicted molar refractivity (Wildman–Crippen MR) is 81.1 cm³/mol. The van der Waals surface area contributed by atoms with Gasteiger partial charge in [0, 0.05) is 18.8 Å². The van der Waals surface area contributed by atoms with Crippen LogP contribution in [0.25, 0.3) is 0 Å². The molecular weight excluding hydrogens is 292 g/mol. The Balaban J connectivity index is 2.74. The number of aromatic nitrogens is 2. The Morgan fingerprint density at radius 1 is 1.33 bits per heavy atom. The number of nitrogens with zero attached hydrogens (tertiary/aromatic N) is 2. The molecule has 0 saturated carbocycles. The van der Waals surface area contributed by atoms with Crippen LogP contribution in [0.5, 0.6) is 0 Å². The van der Waals surface area contributed by atoms with Crippen LogP contribution in [-0.4, -0.2) is 22.6 Å². The van der Waals surface area contributed by atoms with E-state index in [1.165, 1.54) is 0 Å². The molecular formula is C13H23BrN4. The molecule has 0 aliphatic rings. The van der Waals surface area contributed by atoms with Crippen LogP contribution in [0.4, 0.5) is 11.8 Å². The first-order chi connectivity index (χ1) is 8.58. The zero-order valence-electron chi connectivity index (χ0n) is 11.6. The third kappa shape index (κ3) is 4.44. The van der Waals surface area contributed by atoms with E-state index >= 15 is 0 Å². The summed E-state index contributed by atoms with van der Waals surface area (Å²) in [5.74, 6) is 2.15. The lowest BCUT2D eigenvalue weighted by atomic mass is 10.0. The molecule has 102 valence electrons. The summed E-state index contributed by atoms with van der Waals surface area (Å²) in [4.78, 5) is 8.73. The number of hydrogen-bond acceptors (Lipinski definition) is 4. The van der Waals surface area contributed by atoms with Gasteiger partial charge in [-0.2, -0.15) is 4.98 Å². The van der Waals surface area contributed by atoms with E-state index in [2.05, 4.69) is 64.2 Å². The first-order valence-corrected chi connectivity index (χ1v) is 7.40. The molecule has 1 aromatic rings. The third-order valence-electron chi connectivity index (χ3n) is 3.14. The summed E-state index contributed by atoms with van der Waals surface area (Å²) < 4.78 is 0.903. The minimum absolute atomic E-state index is 0.389. The Bertz CT molecular complexity index is 370. The summed E-state index contributed by atoms with van der Waals surface area (Å²) in [6, 6.07) is 0.389. The van der Waals surface area contributed by atoms with E-state index in [1.54, 1.807) is 6.20 Å². The monoisotopic (exact) mass is 314 g/mol. The summed E-state index contributed by atoms with van der Waals surface area (Å²) in [6.07, 6.45) is 4.00. The van der Waals surface area contributed by atoms with Crippen molar-refractivity contribution in [3.63, 3.8) is 0 Å². The Hall–Kier alpha value is -0.840. The second-order valence-electron chi connectivity index (χ2n) is 4.64. The maximum absolute atomic E-state index is 4.49.